The molecule has 0 atom stereocenters. The van der Waals surface area contributed by atoms with Gasteiger partial charge in [-0.05, 0) is 52.5 Å². The van der Waals surface area contributed by atoms with E-state index in [1.54, 1.807) is 12.1 Å². The average Bonchev–Trinajstić information content (AvgIpc) is 2.92. The van der Waals surface area contributed by atoms with Gasteiger partial charge in [0.15, 0.2) is 0 Å². The van der Waals surface area contributed by atoms with Crippen molar-refractivity contribution in [2.75, 3.05) is 0 Å². The van der Waals surface area contributed by atoms with Gasteiger partial charge in [0, 0.05) is 6.04 Å². The Morgan fingerprint density at radius 1 is 1.45 bits per heavy atom. The molecule has 0 spiro atoms. The Hall–Kier alpha value is -1.80. The number of nitrogens with zero attached hydrogens (tertiary/aromatic N) is 1. The Balaban J connectivity index is 2.13. The first-order chi connectivity index (χ1) is 9.60. The first kappa shape index (κ1) is 14.6. The molecule has 20 heavy (non-hydrogen) atoms. The van der Waals surface area contributed by atoms with Crippen molar-refractivity contribution in [3.05, 3.63) is 33.8 Å². The number of rotatable bonds is 3. The highest BCUT2D eigenvalue weighted by molar-refractivity contribution is 9.10. The normalized spacial score (nSPS) is 15.9. The molecule has 1 amide bonds. The smallest absolute Gasteiger partial charge is 0.262 e. The van der Waals surface area contributed by atoms with Crippen LogP contribution < -0.4 is 5.32 Å². The number of phenolic OH excluding ortho intramolecular Hbond substituents is 1. The molecule has 104 valence electrons. The Labute approximate surface area is 126 Å². The van der Waals surface area contributed by atoms with Crippen LogP contribution in [0.1, 0.15) is 31.2 Å². The number of nitrogens with one attached hydrogen (secondary N) is 1. The summed E-state index contributed by atoms with van der Waals surface area (Å²) in [6.07, 6.45) is 5.74. The number of carbonyl (C=O) groups excluding carboxylic acids is 1. The van der Waals surface area contributed by atoms with E-state index in [0.717, 1.165) is 25.7 Å². The quantitative estimate of drug-likeness (QED) is 0.658. The van der Waals surface area contributed by atoms with E-state index in [0.29, 0.717) is 10.0 Å². The summed E-state index contributed by atoms with van der Waals surface area (Å²) in [5, 5.41) is 21.4. The van der Waals surface area contributed by atoms with Gasteiger partial charge in [0.05, 0.1) is 4.47 Å². The monoisotopic (exact) mass is 334 g/mol. The maximum absolute atomic E-state index is 12.0. The second kappa shape index (κ2) is 6.58. The predicted molar refractivity (Wildman–Crippen MR) is 79.8 cm³/mol. The average molecular weight is 335 g/mol. The van der Waals surface area contributed by atoms with Crippen LogP contribution in [0.4, 0.5) is 0 Å². The van der Waals surface area contributed by atoms with Crippen LogP contribution in [0.2, 0.25) is 0 Å². The van der Waals surface area contributed by atoms with Crippen molar-refractivity contribution in [1.82, 2.24) is 5.32 Å². The molecular weight excluding hydrogens is 320 g/mol. The highest BCUT2D eigenvalue weighted by Gasteiger charge is 2.19. The van der Waals surface area contributed by atoms with Gasteiger partial charge in [-0.25, -0.2) is 0 Å². The van der Waals surface area contributed by atoms with Crippen LogP contribution in [0.5, 0.6) is 5.75 Å². The number of carbonyl (C=O) groups is 1. The van der Waals surface area contributed by atoms with E-state index in [-0.39, 0.29) is 23.3 Å². The molecule has 4 nitrogen and oxygen atoms in total. The van der Waals surface area contributed by atoms with E-state index >= 15 is 0 Å². The first-order valence-corrected chi connectivity index (χ1v) is 7.30. The molecule has 0 bridgehead atoms. The van der Waals surface area contributed by atoms with E-state index in [4.69, 9.17) is 5.26 Å². The molecule has 1 fully saturated rings. The number of aromatic hydroxyl groups is 1. The minimum atomic E-state index is -0.330. The third-order valence-corrected chi connectivity index (χ3v) is 3.97. The van der Waals surface area contributed by atoms with Crippen molar-refractivity contribution < 1.29 is 9.90 Å². The molecule has 1 aromatic carbocycles. The lowest BCUT2D eigenvalue weighted by atomic mass is 10.1. The molecule has 0 radical (unpaired) electrons. The Morgan fingerprint density at radius 2 is 2.15 bits per heavy atom. The standard InChI is InChI=1S/C15H15BrN2O2/c16-13-8-10(5-6-14(13)19)7-11(9-17)15(20)18-12-3-1-2-4-12/h5-8,12,19H,1-4H2,(H,18,20)/b11-7+. The maximum Gasteiger partial charge on any atom is 0.262 e. The van der Waals surface area contributed by atoms with Crippen molar-refractivity contribution in [3.8, 4) is 11.8 Å². The summed E-state index contributed by atoms with van der Waals surface area (Å²) >= 11 is 3.20. The van der Waals surface area contributed by atoms with E-state index < -0.39 is 0 Å². The third kappa shape index (κ3) is 3.61. The zero-order valence-electron chi connectivity index (χ0n) is 10.9. The van der Waals surface area contributed by atoms with Gasteiger partial charge in [0.1, 0.15) is 17.4 Å². The van der Waals surface area contributed by atoms with Crippen molar-refractivity contribution in [1.29, 1.82) is 5.26 Å². The molecule has 0 aliphatic heterocycles. The highest BCUT2D eigenvalue weighted by atomic mass is 79.9. The Bertz CT molecular complexity index is 584. The molecule has 1 aliphatic rings. The summed E-state index contributed by atoms with van der Waals surface area (Å²) in [5.41, 5.74) is 0.766. The van der Waals surface area contributed by atoms with Crippen LogP contribution in [0.25, 0.3) is 6.08 Å². The number of phenols is 1. The Kier molecular flexibility index (Phi) is 4.80. The van der Waals surface area contributed by atoms with Crippen molar-refractivity contribution in [3.63, 3.8) is 0 Å². The SMILES string of the molecule is N#C/C(=C\c1ccc(O)c(Br)c1)C(=O)NC1CCCC1. The van der Waals surface area contributed by atoms with Gasteiger partial charge in [0.25, 0.3) is 5.91 Å². The molecule has 2 N–H and O–H groups in total. The molecule has 5 heteroatoms. The van der Waals surface area contributed by atoms with Crippen LogP contribution >= 0.6 is 15.9 Å². The van der Waals surface area contributed by atoms with E-state index in [9.17, 15) is 9.90 Å². The fraction of sp³-hybridized carbons (Fsp3) is 0.333. The van der Waals surface area contributed by atoms with Gasteiger partial charge < -0.3 is 10.4 Å². The molecule has 0 unspecified atom stereocenters. The molecule has 0 aromatic heterocycles. The second-order valence-electron chi connectivity index (χ2n) is 4.84. The van der Waals surface area contributed by atoms with Gasteiger partial charge in [-0.1, -0.05) is 18.9 Å². The van der Waals surface area contributed by atoms with Crippen LogP contribution in [0.3, 0.4) is 0 Å². The minimum absolute atomic E-state index is 0.0782. The minimum Gasteiger partial charge on any atom is -0.507 e. The summed E-state index contributed by atoms with van der Waals surface area (Å²) < 4.78 is 0.528. The number of hydrogen-bond acceptors (Lipinski definition) is 3. The molecule has 2 rings (SSSR count). The van der Waals surface area contributed by atoms with Gasteiger partial charge >= 0.3 is 0 Å². The highest BCUT2D eigenvalue weighted by Crippen LogP contribution is 2.25. The van der Waals surface area contributed by atoms with Gasteiger partial charge in [0.2, 0.25) is 0 Å². The van der Waals surface area contributed by atoms with Crippen LogP contribution in [0.15, 0.2) is 28.2 Å². The molecular formula is C15H15BrN2O2. The lowest BCUT2D eigenvalue weighted by Crippen LogP contribution is -2.33. The first-order valence-electron chi connectivity index (χ1n) is 6.51. The molecule has 0 saturated heterocycles. The second-order valence-corrected chi connectivity index (χ2v) is 5.69. The topological polar surface area (TPSA) is 73.1 Å². The van der Waals surface area contributed by atoms with Crippen LogP contribution in [0, 0.1) is 11.3 Å². The number of halogens is 1. The lowest BCUT2D eigenvalue weighted by Gasteiger charge is -2.11. The zero-order valence-corrected chi connectivity index (χ0v) is 12.5. The number of benzene rings is 1. The molecule has 1 aromatic rings. The number of nitriles is 1. The molecule has 0 heterocycles. The summed E-state index contributed by atoms with van der Waals surface area (Å²) in [6, 6.07) is 6.94. The maximum atomic E-state index is 12.0. The zero-order chi connectivity index (χ0) is 14.5. The van der Waals surface area contributed by atoms with Crippen LogP contribution in [-0.2, 0) is 4.79 Å². The van der Waals surface area contributed by atoms with Crippen LogP contribution in [-0.4, -0.2) is 17.1 Å². The largest absolute Gasteiger partial charge is 0.507 e. The summed E-state index contributed by atoms with van der Waals surface area (Å²) in [4.78, 5) is 12.0. The van der Waals surface area contributed by atoms with E-state index in [1.165, 1.54) is 12.1 Å². The number of amides is 1. The van der Waals surface area contributed by atoms with Crippen molar-refractivity contribution >= 4 is 27.9 Å². The van der Waals surface area contributed by atoms with Gasteiger partial charge in [-0.3, -0.25) is 4.79 Å². The molecule has 1 saturated carbocycles. The predicted octanol–water partition coefficient (Wildman–Crippen LogP) is 3.12. The molecule has 1 aliphatic carbocycles. The Morgan fingerprint density at radius 3 is 2.75 bits per heavy atom. The van der Waals surface area contributed by atoms with Gasteiger partial charge in [-0.2, -0.15) is 5.26 Å². The van der Waals surface area contributed by atoms with E-state index in [2.05, 4.69) is 21.2 Å². The summed E-state index contributed by atoms with van der Waals surface area (Å²) in [6.45, 7) is 0. The summed E-state index contributed by atoms with van der Waals surface area (Å²) in [5.74, 6) is -0.209. The van der Waals surface area contributed by atoms with Crippen molar-refractivity contribution in [2.24, 2.45) is 0 Å². The number of hydrogen-bond donors (Lipinski definition) is 2. The van der Waals surface area contributed by atoms with Gasteiger partial charge in [-0.15, -0.1) is 0 Å². The summed E-state index contributed by atoms with van der Waals surface area (Å²) in [7, 11) is 0. The third-order valence-electron chi connectivity index (χ3n) is 3.34. The van der Waals surface area contributed by atoms with Crippen molar-refractivity contribution in [2.45, 2.75) is 31.7 Å². The fourth-order valence-electron chi connectivity index (χ4n) is 2.26. The fourth-order valence-corrected chi connectivity index (χ4v) is 2.66. The lowest BCUT2D eigenvalue weighted by molar-refractivity contribution is -0.117. The van der Waals surface area contributed by atoms with E-state index in [1.807, 2.05) is 6.07 Å².